The van der Waals surface area contributed by atoms with Gasteiger partial charge in [-0.1, -0.05) is 13.0 Å². The number of aliphatic hydroxyl groups is 1. The molecule has 0 rings (SSSR count). The number of hydrogen-bond donors (Lipinski definition) is 1. The maximum absolute atomic E-state index is 8.46. The Balaban J connectivity index is 3.04. The molecule has 0 bridgehead atoms. The van der Waals surface area contributed by atoms with Gasteiger partial charge < -0.3 is 5.11 Å². The van der Waals surface area contributed by atoms with Crippen molar-refractivity contribution in [2.45, 2.75) is 26.2 Å². The molecule has 0 amide bonds. The molecule has 9 heavy (non-hydrogen) atoms. The van der Waals surface area contributed by atoms with Crippen LogP contribution >= 0.6 is 0 Å². The molecule has 0 spiro atoms. The lowest BCUT2D eigenvalue weighted by Gasteiger charge is -2.04. The maximum Gasteiger partial charge on any atom is 0.0431 e. The van der Waals surface area contributed by atoms with Crippen LogP contribution in [0.25, 0.3) is 0 Å². The van der Waals surface area contributed by atoms with Gasteiger partial charge in [0.2, 0.25) is 0 Å². The molecule has 1 N–H and O–H groups in total. The summed E-state index contributed by atoms with van der Waals surface area (Å²) in [6.45, 7) is 6.15. The van der Waals surface area contributed by atoms with Crippen LogP contribution in [-0.2, 0) is 0 Å². The predicted molar refractivity (Wildman–Crippen MR) is 40.3 cm³/mol. The van der Waals surface area contributed by atoms with Crippen molar-refractivity contribution in [1.82, 2.24) is 0 Å². The minimum atomic E-state index is 0.321. The molecule has 1 nitrogen and oxygen atoms in total. The summed E-state index contributed by atoms with van der Waals surface area (Å²) < 4.78 is 0. The van der Waals surface area contributed by atoms with E-state index in [9.17, 15) is 0 Å². The van der Waals surface area contributed by atoms with Gasteiger partial charge in [0.1, 0.15) is 0 Å². The topological polar surface area (TPSA) is 20.2 Å². The monoisotopic (exact) mass is 128 g/mol. The summed E-state index contributed by atoms with van der Waals surface area (Å²) in [5, 5.41) is 8.46. The molecule has 1 atom stereocenters. The van der Waals surface area contributed by atoms with Gasteiger partial charge in [-0.05, 0) is 25.2 Å². The molecule has 54 valence electrons. The molecule has 0 aliphatic carbocycles. The van der Waals surface area contributed by atoms with Crippen molar-refractivity contribution in [2.24, 2.45) is 5.92 Å². The molecule has 1 heteroatoms. The van der Waals surface area contributed by atoms with Crippen LogP contribution < -0.4 is 0 Å². The largest absolute Gasteiger partial charge is 0.396 e. The van der Waals surface area contributed by atoms with E-state index in [-0.39, 0.29) is 0 Å². The molecule has 0 aliphatic rings. The van der Waals surface area contributed by atoms with Gasteiger partial charge in [0.25, 0.3) is 0 Å². The summed E-state index contributed by atoms with van der Waals surface area (Å²) in [5.41, 5.74) is 0. The molecule has 0 fully saturated rings. The maximum atomic E-state index is 8.46. The quantitative estimate of drug-likeness (QED) is 0.561. The van der Waals surface area contributed by atoms with Crippen LogP contribution in [0.1, 0.15) is 26.2 Å². The van der Waals surface area contributed by atoms with E-state index >= 15 is 0 Å². The molecule has 0 aromatic rings. The third kappa shape index (κ3) is 5.57. The second-order valence-corrected chi connectivity index (χ2v) is 2.50. The Labute approximate surface area is 57.4 Å². The van der Waals surface area contributed by atoms with Gasteiger partial charge >= 0.3 is 0 Å². The molecule has 0 saturated carbocycles. The van der Waals surface area contributed by atoms with Crippen molar-refractivity contribution in [3.8, 4) is 0 Å². The van der Waals surface area contributed by atoms with Crippen LogP contribution in [0.3, 0.4) is 0 Å². The lowest BCUT2D eigenvalue weighted by Crippen LogP contribution is -1.93. The van der Waals surface area contributed by atoms with E-state index in [0.29, 0.717) is 12.5 Å². The Bertz CT molecular complexity index is 69.0. The minimum Gasteiger partial charge on any atom is -0.396 e. The molecule has 0 heterocycles. The number of rotatable bonds is 5. The third-order valence-corrected chi connectivity index (χ3v) is 1.42. The summed E-state index contributed by atoms with van der Waals surface area (Å²) in [6.07, 6.45) is 5.04. The van der Waals surface area contributed by atoms with Crippen molar-refractivity contribution in [2.75, 3.05) is 6.61 Å². The molecule has 0 aromatic heterocycles. The predicted octanol–water partition coefficient (Wildman–Crippen LogP) is 1.97. The Hall–Kier alpha value is -0.300. The molecule has 0 saturated heterocycles. The van der Waals surface area contributed by atoms with Gasteiger partial charge in [0, 0.05) is 6.61 Å². The number of hydrogen-bond acceptors (Lipinski definition) is 1. The average Bonchev–Trinajstić information content (AvgIpc) is 1.85. The van der Waals surface area contributed by atoms with Crippen molar-refractivity contribution in [1.29, 1.82) is 0 Å². The smallest absolute Gasteiger partial charge is 0.0431 e. The first kappa shape index (κ1) is 8.70. The summed E-state index contributed by atoms with van der Waals surface area (Å²) >= 11 is 0. The Morgan fingerprint density at radius 3 is 2.78 bits per heavy atom. The van der Waals surface area contributed by atoms with Crippen molar-refractivity contribution in [3.63, 3.8) is 0 Å². The van der Waals surface area contributed by atoms with E-state index in [1.165, 1.54) is 0 Å². The third-order valence-electron chi connectivity index (χ3n) is 1.42. The average molecular weight is 128 g/mol. The summed E-state index contributed by atoms with van der Waals surface area (Å²) in [5.74, 6) is 0.689. The minimum absolute atomic E-state index is 0.321. The molecular weight excluding hydrogens is 112 g/mol. The summed E-state index contributed by atoms with van der Waals surface area (Å²) in [6, 6.07) is 0. The van der Waals surface area contributed by atoms with E-state index in [1.54, 1.807) is 0 Å². The molecule has 0 radical (unpaired) electrons. The fourth-order valence-electron chi connectivity index (χ4n) is 0.842. The van der Waals surface area contributed by atoms with Crippen LogP contribution in [-0.4, -0.2) is 11.7 Å². The van der Waals surface area contributed by atoms with Gasteiger partial charge in [0.15, 0.2) is 0 Å². The van der Waals surface area contributed by atoms with Gasteiger partial charge in [-0.2, -0.15) is 0 Å². The van der Waals surface area contributed by atoms with Crippen LogP contribution in [0.2, 0.25) is 0 Å². The lowest BCUT2D eigenvalue weighted by molar-refractivity contribution is 0.274. The normalized spacial score (nSPS) is 13.1. The van der Waals surface area contributed by atoms with Crippen LogP contribution in [0.5, 0.6) is 0 Å². The highest BCUT2D eigenvalue weighted by Gasteiger charge is 1.96. The Morgan fingerprint density at radius 1 is 1.67 bits per heavy atom. The van der Waals surface area contributed by atoms with Crippen LogP contribution in [0.15, 0.2) is 12.7 Å². The van der Waals surface area contributed by atoms with Crippen molar-refractivity contribution in [3.05, 3.63) is 12.7 Å². The zero-order valence-corrected chi connectivity index (χ0v) is 6.14. The first-order valence-electron chi connectivity index (χ1n) is 3.53. The SMILES string of the molecule is C=CC[C@H](C)CCCO. The van der Waals surface area contributed by atoms with E-state index in [2.05, 4.69) is 13.5 Å². The van der Waals surface area contributed by atoms with Crippen molar-refractivity contribution >= 4 is 0 Å². The summed E-state index contributed by atoms with van der Waals surface area (Å²) in [4.78, 5) is 0. The Kier molecular flexibility index (Phi) is 5.64. The summed E-state index contributed by atoms with van der Waals surface area (Å²) in [7, 11) is 0. The van der Waals surface area contributed by atoms with E-state index in [4.69, 9.17) is 5.11 Å². The second kappa shape index (κ2) is 5.83. The fraction of sp³-hybridized carbons (Fsp3) is 0.750. The molecular formula is C8H16O. The number of allylic oxidation sites excluding steroid dienone is 1. The highest BCUT2D eigenvalue weighted by molar-refractivity contribution is 4.69. The van der Waals surface area contributed by atoms with E-state index < -0.39 is 0 Å². The lowest BCUT2D eigenvalue weighted by atomic mass is 10.0. The first-order valence-corrected chi connectivity index (χ1v) is 3.53. The van der Waals surface area contributed by atoms with Crippen molar-refractivity contribution < 1.29 is 5.11 Å². The highest BCUT2D eigenvalue weighted by atomic mass is 16.2. The highest BCUT2D eigenvalue weighted by Crippen LogP contribution is 2.09. The van der Waals surface area contributed by atoms with Gasteiger partial charge in [-0.15, -0.1) is 6.58 Å². The zero-order chi connectivity index (χ0) is 7.11. The van der Waals surface area contributed by atoms with Gasteiger partial charge in [0.05, 0.1) is 0 Å². The van der Waals surface area contributed by atoms with E-state index in [1.807, 2.05) is 6.08 Å². The standard InChI is InChI=1S/C8H16O/c1-3-5-8(2)6-4-7-9/h3,8-9H,1,4-7H2,2H3/t8-/m0/s1. The zero-order valence-electron chi connectivity index (χ0n) is 6.14. The van der Waals surface area contributed by atoms with Gasteiger partial charge in [-0.3, -0.25) is 0 Å². The molecule has 0 unspecified atom stereocenters. The fourth-order valence-corrected chi connectivity index (χ4v) is 0.842. The van der Waals surface area contributed by atoms with Gasteiger partial charge in [-0.25, -0.2) is 0 Å². The number of aliphatic hydroxyl groups excluding tert-OH is 1. The second-order valence-electron chi connectivity index (χ2n) is 2.50. The van der Waals surface area contributed by atoms with E-state index in [0.717, 1.165) is 19.3 Å². The van der Waals surface area contributed by atoms with Crippen LogP contribution in [0, 0.1) is 5.92 Å². The first-order chi connectivity index (χ1) is 4.31. The molecule has 0 aliphatic heterocycles. The van der Waals surface area contributed by atoms with Crippen LogP contribution in [0.4, 0.5) is 0 Å². The Morgan fingerprint density at radius 2 is 2.33 bits per heavy atom. The molecule has 0 aromatic carbocycles.